The molecule has 0 aliphatic carbocycles. The monoisotopic (exact) mass is 425 g/mol. The van der Waals surface area contributed by atoms with Crippen molar-refractivity contribution in [2.45, 2.75) is 12.4 Å². The molecule has 3 rings (SSSR count). The number of carbonyl (C=O) groups is 1. The summed E-state index contributed by atoms with van der Waals surface area (Å²) in [6, 6.07) is 11.3. The van der Waals surface area contributed by atoms with Gasteiger partial charge in [0.2, 0.25) is 0 Å². The van der Waals surface area contributed by atoms with E-state index in [0.717, 1.165) is 31.4 Å². The number of ether oxygens (including phenoxy) is 1. The van der Waals surface area contributed by atoms with Crippen molar-refractivity contribution < 1.29 is 35.9 Å². The van der Waals surface area contributed by atoms with Gasteiger partial charge in [-0.3, -0.25) is 0 Å². The lowest BCUT2D eigenvalue weighted by Crippen LogP contribution is -2.09. The van der Waals surface area contributed by atoms with Crippen molar-refractivity contribution in [1.82, 2.24) is 4.98 Å². The Morgan fingerprint density at radius 3 is 1.87 bits per heavy atom. The molecule has 0 amide bonds. The maximum absolute atomic E-state index is 13.0. The fraction of sp³-hybridized carbons (Fsp3) is 0.143. The Bertz CT molecular complexity index is 1090. The number of hydrogen-bond donors (Lipinski definition) is 0. The maximum atomic E-state index is 13.0. The summed E-state index contributed by atoms with van der Waals surface area (Å²) < 4.78 is 82.7. The Morgan fingerprint density at radius 1 is 0.800 bits per heavy atom. The number of methoxy groups -OCH3 is 1. The van der Waals surface area contributed by atoms with Gasteiger partial charge in [-0.05, 0) is 42.0 Å². The van der Waals surface area contributed by atoms with Gasteiger partial charge < -0.3 is 4.74 Å². The molecule has 0 saturated heterocycles. The molecule has 0 atom stereocenters. The molecule has 0 unspecified atom stereocenters. The van der Waals surface area contributed by atoms with Crippen molar-refractivity contribution >= 4 is 5.97 Å². The van der Waals surface area contributed by atoms with Crippen LogP contribution in [0.1, 0.15) is 21.6 Å². The zero-order valence-electron chi connectivity index (χ0n) is 15.3. The maximum Gasteiger partial charge on any atom is 0.416 e. The molecule has 156 valence electrons. The normalized spacial score (nSPS) is 12.0. The van der Waals surface area contributed by atoms with Crippen LogP contribution in [0.4, 0.5) is 26.3 Å². The molecule has 1 aromatic heterocycles. The predicted molar refractivity (Wildman–Crippen MR) is 96.5 cm³/mol. The van der Waals surface area contributed by atoms with E-state index in [4.69, 9.17) is 0 Å². The van der Waals surface area contributed by atoms with Gasteiger partial charge in [0.1, 0.15) is 0 Å². The molecule has 3 aromatic rings. The smallest absolute Gasteiger partial charge is 0.416 e. The summed E-state index contributed by atoms with van der Waals surface area (Å²) in [5.41, 5.74) is -1.88. The molecule has 2 aromatic carbocycles. The van der Waals surface area contributed by atoms with E-state index in [2.05, 4.69) is 9.72 Å². The summed E-state index contributed by atoms with van der Waals surface area (Å²) in [5, 5.41) is 0. The molecule has 0 aliphatic heterocycles. The third-order valence-corrected chi connectivity index (χ3v) is 4.26. The van der Waals surface area contributed by atoms with Crippen LogP contribution in [0, 0.1) is 0 Å². The van der Waals surface area contributed by atoms with Gasteiger partial charge >= 0.3 is 18.3 Å². The quantitative estimate of drug-likeness (QED) is 0.368. The first kappa shape index (κ1) is 21.4. The first-order valence-electron chi connectivity index (χ1n) is 8.45. The Balaban J connectivity index is 2.14. The van der Waals surface area contributed by atoms with Crippen molar-refractivity contribution in [3.05, 3.63) is 77.5 Å². The van der Waals surface area contributed by atoms with Gasteiger partial charge in [-0.1, -0.05) is 24.3 Å². The van der Waals surface area contributed by atoms with Crippen molar-refractivity contribution in [1.29, 1.82) is 0 Å². The van der Waals surface area contributed by atoms with Crippen molar-refractivity contribution in [2.24, 2.45) is 0 Å². The Labute approximate surface area is 166 Å². The van der Waals surface area contributed by atoms with Crippen molar-refractivity contribution in [3.8, 4) is 22.4 Å². The van der Waals surface area contributed by atoms with Gasteiger partial charge in [-0.25, -0.2) is 9.78 Å². The number of rotatable bonds is 3. The summed E-state index contributed by atoms with van der Waals surface area (Å²) in [4.78, 5) is 16.3. The number of esters is 1. The van der Waals surface area contributed by atoms with E-state index in [-0.39, 0.29) is 28.1 Å². The van der Waals surface area contributed by atoms with E-state index >= 15 is 0 Å². The third-order valence-electron chi connectivity index (χ3n) is 4.26. The topological polar surface area (TPSA) is 39.2 Å². The van der Waals surface area contributed by atoms with E-state index in [1.807, 2.05) is 0 Å². The molecule has 0 spiro atoms. The summed E-state index contributed by atoms with van der Waals surface area (Å²) in [5.74, 6) is -0.934. The lowest BCUT2D eigenvalue weighted by molar-refractivity contribution is -0.138. The van der Waals surface area contributed by atoms with Gasteiger partial charge in [0.15, 0.2) is 5.69 Å². The molecule has 3 nitrogen and oxygen atoms in total. The van der Waals surface area contributed by atoms with Gasteiger partial charge in [-0.2, -0.15) is 26.3 Å². The average Bonchev–Trinajstić information content (AvgIpc) is 2.71. The van der Waals surface area contributed by atoms with Crippen LogP contribution in [0.3, 0.4) is 0 Å². The second kappa shape index (κ2) is 7.81. The molecule has 0 aliphatic rings. The highest BCUT2D eigenvalue weighted by Gasteiger charge is 2.32. The fourth-order valence-electron chi connectivity index (χ4n) is 2.82. The van der Waals surface area contributed by atoms with Gasteiger partial charge in [0.25, 0.3) is 0 Å². The van der Waals surface area contributed by atoms with Crippen LogP contribution in [0.15, 0.2) is 60.7 Å². The average molecular weight is 425 g/mol. The number of halogens is 6. The van der Waals surface area contributed by atoms with Crippen LogP contribution < -0.4 is 0 Å². The van der Waals surface area contributed by atoms with Crippen LogP contribution in [-0.2, 0) is 17.1 Å². The number of alkyl halides is 6. The van der Waals surface area contributed by atoms with E-state index in [1.54, 1.807) is 0 Å². The highest BCUT2D eigenvalue weighted by Crippen LogP contribution is 2.35. The molecule has 9 heteroatoms. The molecule has 0 bridgehead atoms. The number of nitrogens with zero attached hydrogens (tertiary/aromatic N) is 1. The van der Waals surface area contributed by atoms with Crippen LogP contribution in [0.2, 0.25) is 0 Å². The standard InChI is InChI=1S/C21H13F6NO2/c1-30-19(29)18-16(12-4-2-6-14(10-12)20(22,23)24)8-9-17(28-18)13-5-3-7-15(11-13)21(25,26)27/h2-11H,1H3. The highest BCUT2D eigenvalue weighted by molar-refractivity contribution is 5.96. The molecular formula is C21H13F6NO2. The zero-order valence-corrected chi connectivity index (χ0v) is 15.3. The Morgan fingerprint density at radius 2 is 1.33 bits per heavy atom. The Kier molecular flexibility index (Phi) is 5.56. The lowest BCUT2D eigenvalue weighted by atomic mass is 9.99. The van der Waals surface area contributed by atoms with Gasteiger partial charge in [0, 0.05) is 11.1 Å². The minimum absolute atomic E-state index is 0.0391. The molecule has 1 heterocycles. The van der Waals surface area contributed by atoms with E-state index in [0.29, 0.717) is 0 Å². The SMILES string of the molecule is COC(=O)c1nc(-c2cccc(C(F)(F)F)c2)ccc1-c1cccc(C(F)(F)F)c1. The van der Waals surface area contributed by atoms with Crippen molar-refractivity contribution in [3.63, 3.8) is 0 Å². The first-order chi connectivity index (χ1) is 14.0. The van der Waals surface area contributed by atoms with E-state index in [1.165, 1.54) is 36.4 Å². The minimum Gasteiger partial charge on any atom is -0.464 e. The summed E-state index contributed by atoms with van der Waals surface area (Å²) in [6.45, 7) is 0. The lowest BCUT2D eigenvalue weighted by Gasteiger charge is -2.13. The van der Waals surface area contributed by atoms with Gasteiger partial charge in [-0.15, -0.1) is 0 Å². The number of pyridine rings is 1. The predicted octanol–water partition coefficient (Wildman–Crippen LogP) is 6.24. The van der Waals surface area contributed by atoms with Gasteiger partial charge in [0.05, 0.1) is 23.9 Å². The summed E-state index contributed by atoms with van der Waals surface area (Å²) in [7, 11) is 1.07. The molecule has 0 fully saturated rings. The zero-order chi connectivity index (χ0) is 22.1. The second-order valence-electron chi connectivity index (χ2n) is 6.24. The molecule has 0 saturated carbocycles. The molecule has 30 heavy (non-hydrogen) atoms. The number of carbonyl (C=O) groups excluding carboxylic acids is 1. The van der Waals surface area contributed by atoms with Crippen LogP contribution >= 0.6 is 0 Å². The highest BCUT2D eigenvalue weighted by atomic mass is 19.4. The van der Waals surface area contributed by atoms with Crippen LogP contribution in [0.5, 0.6) is 0 Å². The third kappa shape index (κ3) is 4.45. The molecular weight excluding hydrogens is 412 g/mol. The first-order valence-corrected chi connectivity index (χ1v) is 8.45. The van der Waals surface area contributed by atoms with Crippen molar-refractivity contribution in [2.75, 3.05) is 7.11 Å². The summed E-state index contributed by atoms with van der Waals surface area (Å²) in [6.07, 6.45) is -9.16. The van der Waals surface area contributed by atoms with E-state index in [9.17, 15) is 31.1 Å². The largest absolute Gasteiger partial charge is 0.464 e. The molecule has 0 N–H and O–H groups in total. The number of aromatic nitrogens is 1. The summed E-state index contributed by atoms with van der Waals surface area (Å²) >= 11 is 0. The molecule has 0 radical (unpaired) electrons. The number of benzene rings is 2. The number of hydrogen-bond acceptors (Lipinski definition) is 3. The van der Waals surface area contributed by atoms with Crippen LogP contribution in [0.25, 0.3) is 22.4 Å². The van der Waals surface area contributed by atoms with E-state index < -0.39 is 29.4 Å². The Hall–Kier alpha value is -3.36. The fourth-order valence-corrected chi connectivity index (χ4v) is 2.82. The van der Waals surface area contributed by atoms with Crippen LogP contribution in [-0.4, -0.2) is 18.1 Å². The minimum atomic E-state index is -4.59. The second-order valence-corrected chi connectivity index (χ2v) is 6.24.